The van der Waals surface area contributed by atoms with E-state index in [9.17, 15) is 0 Å². The molecular formula is C16H22N6O. The van der Waals surface area contributed by atoms with Gasteiger partial charge in [0.05, 0.1) is 31.5 Å². The second-order valence-electron chi connectivity index (χ2n) is 6.23. The van der Waals surface area contributed by atoms with Crippen LogP contribution in [-0.2, 0) is 4.74 Å². The minimum absolute atomic E-state index is 0.246. The summed E-state index contributed by atoms with van der Waals surface area (Å²) in [6.07, 6.45) is 9.64. The summed E-state index contributed by atoms with van der Waals surface area (Å²) in [7, 11) is 0. The summed E-state index contributed by atoms with van der Waals surface area (Å²) in [5.74, 6) is 0. The van der Waals surface area contributed by atoms with Crippen molar-refractivity contribution in [2.45, 2.75) is 31.0 Å². The van der Waals surface area contributed by atoms with Crippen molar-refractivity contribution in [3.8, 4) is 0 Å². The first kappa shape index (κ1) is 14.6. The van der Waals surface area contributed by atoms with Crippen LogP contribution in [0.2, 0.25) is 0 Å². The van der Waals surface area contributed by atoms with Crippen LogP contribution < -0.4 is 10.2 Å². The molecule has 7 heteroatoms. The summed E-state index contributed by atoms with van der Waals surface area (Å²) in [5, 5.41) is 11.8. The van der Waals surface area contributed by atoms with Gasteiger partial charge in [-0.3, -0.25) is 4.98 Å². The molecule has 2 aromatic rings. The van der Waals surface area contributed by atoms with Gasteiger partial charge in [0.15, 0.2) is 0 Å². The van der Waals surface area contributed by atoms with Crippen molar-refractivity contribution in [1.29, 1.82) is 0 Å². The Morgan fingerprint density at radius 3 is 2.65 bits per heavy atom. The van der Waals surface area contributed by atoms with Gasteiger partial charge in [0.2, 0.25) is 0 Å². The molecule has 0 saturated carbocycles. The van der Waals surface area contributed by atoms with Gasteiger partial charge in [-0.2, -0.15) is 0 Å². The summed E-state index contributed by atoms with van der Waals surface area (Å²) >= 11 is 0. The highest BCUT2D eigenvalue weighted by Gasteiger charge is 2.32. The zero-order valence-corrected chi connectivity index (χ0v) is 13.1. The van der Waals surface area contributed by atoms with Gasteiger partial charge in [0, 0.05) is 43.4 Å². The maximum atomic E-state index is 5.66. The fraction of sp³-hybridized carbons (Fsp3) is 0.562. The molecule has 4 heterocycles. The second-order valence-corrected chi connectivity index (χ2v) is 6.23. The molecule has 0 spiro atoms. The summed E-state index contributed by atoms with van der Waals surface area (Å²) in [6, 6.07) is 5.26. The number of hydrogen-bond acceptors (Lipinski definition) is 6. The number of aromatic nitrogens is 4. The standard InChI is InChI=1S/C16H22N6O/c1-5-17-6-2-14(1)21-8-3-13(4-9-21)19-15-11-23-12-16(15)22-10-7-18-20-22/h1-2,5-7,10,13,15-16,19H,3-4,8-9,11-12H2/t15-,16+/m0/s1. The smallest absolute Gasteiger partial charge is 0.0945 e. The number of rotatable bonds is 4. The van der Waals surface area contributed by atoms with Crippen molar-refractivity contribution in [1.82, 2.24) is 25.3 Å². The zero-order valence-electron chi connectivity index (χ0n) is 13.1. The molecule has 122 valence electrons. The molecule has 2 fully saturated rings. The lowest BCUT2D eigenvalue weighted by Crippen LogP contribution is -2.48. The van der Waals surface area contributed by atoms with Gasteiger partial charge in [-0.25, -0.2) is 4.68 Å². The van der Waals surface area contributed by atoms with E-state index in [0.29, 0.717) is 18.7 Å². The van der Waals surface area contributed by atoms with Crippen molar-refractivity contribution in [3.63, 3.8) is 0 Å². The summed E-state index contributed by atoms with van der Waals surface area (Å²) in [5.41, 5.74) is 1.27. The van der Waals surface area contributed by atoms with Crippen molar-refractivity contribution in [2.24, 2.45) is 0 Å². The molecule has 0 amide bonds. The minimum atomic E-state index is 0.246. The number of piperidine rings is 1. The molecule has 7 nitrogen and oxygen atoms in total. The fourth-order valence-corrected chi connectivity index (χ4v) is 3.52. The largest absolute Gasteiger partial charge is 0.377 e. The van der Waals surface area contributed by atoms with E-state index in [2.05, 4.69) is 37.6 Å². The Morgan fingerprint density at radius 1 is 1.09 bits per heavy atom. The van der Waals surface area contributed by atoms with Gasteiger partial charge < -0.3 is 15.0 Å². The number of hydrogen-bond donors (Lipinski definition) is 1. The molecule has 0 unspecified atom stereocenters. The Bertz CT molecular complexity index is 596. The lowest BCUT2D eigenvalue weighted by atomic mass is 10.0. The van der Waals surface area contributed by atoms with Crippen LogP contribution >= 0.6 is 0 Å². The minimum Gasteiger partial charge on any atom is -0.377 e. The van der Waals surface area contributed by atoms with Gasteiger partial charge in [-0.05, 0) is 25.0 Å². The van der Waals surface area contributed by atoms with Crippen LogP contribution in [0.5, 0.6) is 0 Å². The van der Waals surface area contributed by atoms with E-state index in [1.54, 1.807) is 6.20 Å². The van der Waals surface area contributed by atoms with Crippen LogP contribution in [0.3, 0.4) is 0 Å². The van der Waals surface area contributed by atoms with Crippen LogP contribution in [0.1, 0.15) is 18.9 Å². The lowest BCUT2D eigenvalue weighted by molar-refractivity contribution is 0.180. The van der Waals surface area contributed by atoms with E-state index >= 15 is 0 Å². The molecule has 0 bridgehead atoms. The van der Waals surface area contributed by atoms with E-state index < -0.39 is 0 Å². The van der Waals surface area contributed by atoms with Crippen LogP contribution in [0, 0.1) is 0 Å². The highest BCUT2D eigenvalue weighted by Crippen LogP contribution is 2.23. The zero-order chi connectivity index (χ0) is 15.5. The van der Waals surface area contributed by atoms with Gasteiger partial charge >= 0.3 is 0 Å². The van der Waals surface area contributed by atoms with Gasteiger partial charge in [-0.15, -0.1) is 5.10 Å². The van der Waals surface area contributed by atoms with Crippen molar-refractivity contribution in [2.75, 3.05) is 31.2 Å². The number of ether oxygens (including phenoxy) is 1. The third kappa shape index (κ3) is 3.20. The number of nitrogens with zero attached hydrogens (tertiary/aromatic N) is 5. The van der Waals surface area contributed by atoms with E-state index in [1.807, 2.05) is 23.3 Å². The number of pyridine rings is 1. The van der Waals surface area contributed by atoms with E-state index in [4.69, 9.17) is 4.74 Å². The lowest BCUT2D eigenvalue weighted by Gasteiger charge is -2.35. The van der Waals surface area contributed by atoms with E-state index in [-0.39, 0.29) is 6.04 Å². The van der Waals surface area contributed by atoms with Gasteiger partial charge in [-0.1, -0.05) is 5.21 Å². The average Bonchev–Trinajstić information content (AvgIpc) is 3.27. The first-order valence-electron chi connectivity index (χ1n) is 8.25. The normalized spacial score (nSPS) is 25.8. The van der Waals surface area contributed by atoms with Gasteiger partial charge in [0.1, 0.15) is 0 Å². The third-order valence-corrected chi connectivity index (χ3v) is 4.80. The van der Waals surface area contributed by atoms with Crippen molar-refractivity contribution < 1.29 is 4.74 Å². The molecule has 2 aliphatic heterocycles. The molecule has 23 heavy (non-hydrogen) atoms. The Balaban J connectivity index is 1.33. The Morgan fingerprint density at radius 2 is 1.91 bits per heavy atom. The molecule has 2 aromatic heterocycles. The molecule has 4 rings (SSSR count). The summed E-state index contributed by atoms with van der Waals surface area (Å²) in [4.78, 5) is 6.52. The SMILES string of the molecule is c1cc(N2CCC(N[C@H]3COC[C@H]3n3ccnn3)CC2)ccn1. The highest BCUT2D eigenvalue weighted by molar-refractivity contribution is 5.44. The third-order valence-electron chi connectivity index (χ3n) is 4.80. The topological polar surface area (TPSA) is 68.1 Å². The summed E-state index contributed by atoms with van der Waals surface area (Å²) in [6.45, 7) is 3.60. The Hall–Kier alpha value is -1.99. The molecule has 0 aliphatic carbocycles. The number of nitrogens with one attached hydrogen (secondary N) is 1. The van der Waals surface area contributed by atoms with Crippen LogP contribution in [0.15, 0.2) is 36.9 Å². The average molecular weight is 314 g/mol. The molecule has 2 aliphatic rings. The predicted molar refractivity (Wildman–Crippen MR) is 86.3 cm³/mol. The summed E-state index contributed by atoms with van der Waals surface area (Å²) < 4.78 is 7.57. The quantitative estimate of drug-likeness (QED) is 0.903. The Kier molecular flexibility index (Phi) is 4.21. The molecule has 2 atom stereocenters. The Labute approximate surface area is 135 Å². The fourth-order valence-electron chi connectivity index (χ4n) is 3.52. The van der Waals surface area contributed by atoms with Gasteiger partial charge in [0.25, 0.3) is 0 Å². The van der Waals surface area contributed by atoms with E-state index in [0.717, 1.165) is 32.5 Å². The maximum Gasteiger partial charge on any atom is 0.0945 e. The molecular weight excluding hydrogens is 292 g/mol. The number of anilines is 1. The monoisotopic (exact) mass is 314 g/mol. The first-order valence-corrected chi connectivity index (χ1v) is 8.25. The van der Waals surface area contributed by atoms with Crippen LogP contribution in [0.25, 0.3) is 0 Å². The van der Waals surface area contributed by atoms with Crippen LogP contribution in [-0.4, -0.2) is 58.4 Å². The van der Waals surface area contributed by atoms with Crippen molar-refractivity contribution >= 4 is 5.69 Å². The van der Waals surface area contributed by atoms with Crippen molar-refractivity contribution in [3.05, 3.63) is 36.9 Å². The molecule has 2 saturated heterocycles. The maximum absolute atomic E-state index is 5.66. The predicted octanol–water partition coefficient (Wildman–Crippen LogP) is 0.872. The highest BCUT2D eigenvalue weighted by atomic mass is 16.5. The second kappa shape index (κ2) is 6.64. The van der Waals surface area contributed by atoms with Crippen LogP contribution in [0.4, 0.5) is 5.69 Å². The molecule has 0 aromatic carbocycles. The first-order chi connectivity index (χ1) is 11.4. The molecule has 0 radical (unpaired) electrons. The van der Waals surface area contributed by atoms with E-state index in [1.165, 1.54) is 5.69 Å². The molecule has 1 N–H and O–H groups in total.